The fraction of sp³-hybridized carbons (Fsp3) is 0.182. The molecule has 0 aliphatic carbocycles. The number of aromatic nitrogens is 1. The van der Waals surface area contributed by atoms with Crippen molar-refractivity contribution >= 4 is 22.5 Å². The zero-order valence-electron chi connectivity index (χ0n) is 7.85. The summed E-state index contributed by atoms with van der Waals surface area (Å²) in [6.45, 7) is 2.06. The smallest absolute Gasteiger partial charge is 0.228 e. The number of hydrogen-bond donors (Lipinski definition) is 2. The predicted octanol–water partition coefficient (Wildman–Crippen LogP) is 1.97. The van der Waals surface area contributed by atoms with Crippen LogP contribution in [0.2, 0.25) is 0 Å². The van der Waals surface area contributed by atoms with Gasteiger partial charge in [-0.05, 0) is 30.2 Å². The molecule has 1 aliphatic rings. The third-order valence-corrected chi connectivity index (χ3v) is 2.74. The van der Waals surface area contributed by atoms with Gasteiger partial charge in [-0.2, -0.15) is 0 Å². The molecule has 0 saturated carbocycles. The molecule has 0 radical (unpaired) electrons. The van der Waals surface area contributed by atoms with Gasteiger partial charge in [0.05, 0.1) is 6.42 Å². The summed E-state index contributed by atoms with van der Waals surface area (Å²) in [5.41, 5.74) is 4.37. The minimum atomic E-state index is 0.0882. The number of benzene rings is 1. The van der Waals surface area contributed by atoms with E-state index in [4.69, 9.17) is 0 Å². The summed E-state index contributed by atoms with van der Waals surface area (Å²) < 4.78 is 0. The Morgan fingerprint density at radius 3 is 3.07 bits per heavy atom. The quantitative estimate of drug-likeness (QED) is 0.649. The molecule has 1 amide bonds. The molecule has 3 heteroatoms. The average molecular weight is 186 g/mol. The van der Waals surface area contributed by atoms with Gasteiger partial charge < -0.3 is 10.3 Å². The lowest BCUT2D eigenvalue weighted by Crippen LogP contribution is -2.03. The van der Waals surface area contributed by atoms with Crippen LogP contribution in [0, 0.1) is 6.92 Å². The molecule has 2 heterocycles. The van der Waals surface area contributed by atoms with Crippen LogP contribution in [-0.2, 0) is 11.2 Å². The highest BCUT2D eigenvalue weighted by Gasteiger charge is 2.18. The van der Waals surface area contributed by atoms with Gasteiger partial charge in [-0.25, -0.2) is 0 Å². The first-order chi connectivity index (χ1) is 6.74. The van der Waals surface area contributed by atoms with Crippen LogP contribution in [0.3, 0.4) is 0 Å². The number of aromatic amines is 1. The highest BCUT2D eigenvalue weighted by molar-refractivity contribution is 6.02. The first-order valence-corrected chi connectivity index (χ1v) is 4.64. The fourth-order valence-corrected chi connectivity index (χ4v) is 1.98. The number of carbonyl (C=O) groups is 1. The Morgan fingerprint density at radius 2 is 2.21 bits per heavy atom. The molecule has 0 fully saturated rings. The maximum atomic E-state index is 11.2. The highest BCUT2D eigenvalue weighted by Crippen LogP contribution is 2.29. The Morgan fingerprint density at radius 1 is 1.36 bits per heavy atom. The molecule has 3 rings (SSSR count). The van der Waals surface area contributed by atoms with E-state index in [0.717, 1.165) is 16.8 Å². The maximum Gasteiger partial charge on any atom is 0.228 e. The first kappa shape index (κ1) is 7.62. The zero-order valence-corrected chi connectivity index (χ0v) is 7.85. The number of carbonyl (C=O) groups excluding carboxylic acids is 1. The van der Waals surface area contributed by atoms with Crippen molar-refractivity contribution in [1.29, 1.82) is 0 Å². The van der Waals surface area contributed by atoms with Crippen LogP contribution in [0.4, 0.5) is 5.69 Å². The van der Waals surface area contributed by atoms with Gasteiger partial charge in [-0.3, -0.25) is 4.79 Å². The predicted molar refractivity (Wildman–Crippen MR) is 55.4 cm³/mol. The van der Waals surface area contributed by atoms with E-state index in [9.17, 15) is 4.79 Å². The molecule has 0 atom stereocenters. The molecule has 1 aromatic carbocycles. The van der Waals surface area contributed by atoms with E-state index in [2.05, 4.69) is 23.3 Å². The van der Waals surface area contributed by atoms with Gasteiger partial charge in [-0.15, -0.1) is 0 Å². The number of rotatable bonds is 0. The topological polar surface area (TPSA) is 44.9 Å². The van der Waals surface area contributed by atoms with Crippen LogP contribution in [0.1, 0.15) is 11.1 Å². The van der Waals surface area contributed by atoms with E-state index in [1.54, 1.807) is 0 Å². The van der Waals surface area contributed by atoms with Crippen molar-refractivity contribution in [3.8, 4) is 0 Å². The molecule has 2 aromatic rings. The first-order valence-electron chi connectivity index (χ1n) is 4.64. The minimum absolute atomic E-state index is 0.0882. The number of fused-ring (bicyclic) bond motifs is 2. The number of aryl methyl sites for hydroxylation is 1. The summed E-state index contributed by atoms with van der Waals surface area (Å²) in [4.78, 5) is 14.4. The third-order valence-electron chi connectivity index (χ3n) is 2.74. The molecule has 0 saturated heterocycles. The van der Waals surface area contributed by atoms with Gasteiger partial charge in [0.15, 0.2) is 0 Å². The summed E-state index contributed by atoms with van der Waals surface area (Å²) >= 11 is 0. The van der Waals surface area contributed by atoms with Crippen molar-refractivity contribution < 1.29 is 4.79 Å². The monoisotopic (exact) mass is 186 g/mol. The van der Waals surface area contributed by atoms with Crippen molar-refractivity contribution in [1.82, 2.24) is 4.98 Å². The van der Waals surface area contributed by atoms with Gasteiger partial charge in [0.2, 0.25) is 5.91 Å². The second-order valence-electron chi connectivity index (χ2n) is 3.75. The van der Waals surface area contributed by atoms with Crippen LogP contribution >= 0.6 is 0 Å². The normalized spacial score (nSPS) is 14.5. The fourth-order valence-electron chi connectivity index (χ4n) is 1.98. The molecule has 0 spiro atoms. The van der Waals surface area contributed by atoms with E-state index < -0.39 is 0 Å². The summed E-state index contributed by atoms with van der Waals surface area (Å²) in [6, 6.07) is 4.09. The van der Waals surface area contributed by atoms with Crippen molar-refractivity contribution in [2.45, 2.75) is 13.3 Å². The molecule has 0 unspecified atom stereocenters. The number of amides is 1. The summed E-state index contributed by atoms with van der Waals surface area (Å²) in [6.07, 6.45) is 2.49. The number of anilines is 1. The Hall–Kier alpha value is -1.77. The SMILES string of the molecule is Cc1c[nH]c2cc3c(cc12)NC(=O)C3. The molecule has 2 N–H and O–H groups in total. The van der Waals surface area contributed by atoms with Crippen LogP contribution in [0.25, 0.3) is 10.9 Å². The zero-order chi connectivity index (χ0) is 9.71. The molecule has 1 aliphatic heterocycles. The molecular weight excluding hydrogens is 176 g/mol. The van der Waals surface area contributed by atoms with Gasteiger partial charge in [0, 0.05) is 22.8 Å². The van der Waals surface area contributed by atoms with Crippen molar-refractivity contribution in [2.75, 3.05) is 5.32 Å². The van der Waals surface area contributed by atoms with E-state index in [1.807, 2.05) is 12.3 Å². The summed E-state index contributed by atoms with van der Waals surface area (Å²) in [7, 11) is 0. The molecule has 1 aromatic heterocycles. The van der Waals surface area contributed by atoms with Crippen LogP contribution in [0.5, 0.6) is 0 Å². The van der Waals surface area contributed by atoms with E-state index >= 15 is 0 Å². The van der Waals surface area contributed by atoms with Gasteiger partial charge in [0.25, 0.3) is 0 Å². The number of hydrogen-bond acceptors (Lipinski definition) is 1. The van der Waals surface area contributed by atoms with Crippen molar-refractivity contribution in [3.63, 3.8) is 0 Å². The van der Waals surface area contributed by atoms with E-state index in [0.29, 0.717) is 6.42 Å². The molecular formula is C11H10N2O. The van der Waals surface area contributed by atoms with E-state index in [-0.39, 0.29) is 5.91 Å². The van der Waals surface area contributed by atoms with Crippen molar-refractivity contribution in [3.05, 3.63) is 29.5 Å². The van der Waals surface area contributed by atoms with Crippen LogP contribution in [0.15, 0.2) is 18.3 Å². The number of H-pyrrole nitrogens is 1. The summed E-state index contributed by atoms with van der Waals surface area (Å²) in [5.74, 6) is 0.0882. The van der Waals surface area contributed by atoms with Gasteiger partial charge >= 0.3 is 0 Å². The Labute approximate surface area is 81.1 Å². The van der Waals surface area contributed by atoms with Crippen LogP contribution < -0.4 is 5.32 Å². The Balaban J connectivity index is 2.33. The lowest BCUT2D eigenvalue weighted by molar-refractivity contribution is -0.115. The van der Waals surface area contributed by atoms with Gasteiger partial charge in [-0.1, -0.05) is 0 Å². The van der Waals surface area contributed by atoms with Gasteiger partial charge in [0.1, 0.15) is 0 Å². The second-order valence-corrected chi connectivity index (χ2v) is 3.75. The lowest BCUT2D eigenvalue weighted by atomic mass is 10.1. The second kappa shape index (κ2) is 2.38. The number of nitrogens with one attached hydrogen (secondary N) is 2. The minimum Gasteiger partial charge on any atom is -0.361 e. The lowest BCUT2D eigenvalue weighted by Gasteiger charge is -1.98. The van der Waals surface area contributed by atoms with Crippen molar-refractivity contribution in [2.24, 2.45) is 0 Å². The molecule has 70 valence electrons. The molecule has 3 nitrogen and oxygen atoms in total. The molecule has 0 bridgehead atoms. The largest absolute Gasteiger partial charge is 0.361 e. The molecule has 14 heavy (non-hydrogen) atoms. The Bertz CT molecular complexity index is 539. The van der Waals surface area contributed by atoms with E-state index in [1.165, 1.54) is 10.9 Å². The third kappa shape index (κ3) is 0.894. The maximum absolute atomic E-state index is 11.2. The van der Waals surface area contributed by atoms with Crippen LogP contribution in [-0.4, -0.2) is 10.9 Å². The average Bonchev–Trinajstić information content (AvgIpc) is 2.66. The Kier molecular flexibility index (Phi) is 1.29. The summed E-state index contributed by atoms with van der Waals surface area (Å²) in [5, 5.41) is 4.04. The highest BCUT2D eigenvalue weighted by atomic mass is 16.1. The standard InChI is InChI=1S/C11H10N2O/c1-6-5-12-10-2-7-3-11(14)13-9(7)4-8(6)10/h2,4-5,12H,3H2,1H3,(H,13,14).